The smallest absolute Gasteiger partial charge is 0.367 e. The van der Waals surface area contributed by atoms with Crippen molar-refractivity contribution in [3.05, 3.63) is 60.4 Å². The first-order valence-corrected chi connectivity index (χ1v) is 13.0. The summed E-state index contributed by atoms with van der Waals surface area (Å²) in [5.41, 5.74) is 2.81. The highest BCUT2D eigenvalue weighted by Crippen LogP contribution is 2.37. The predicted molar refractivity (Wildman–Crippen MR) is 150 cm³/mol. The zero-order valence-corrected chi connectivity index (χ0v) is 23.2. The largest absolute Gasteiger partial charge is 0.554 e. The number of aliphatic hydroxyl groups excluding tert-OH is 2. The molecule has 5 rings (SSSR count). The Bertz CT molecular complexity index is 1510. The average molecular weight is 563 g/mol. The molecule has 4 atom stereocenters. The van der Waals surface area contributed by atoms with Crippen LogP contribution in [-0.2, 0) is 4.79 Å². The van der Waals surface area contributed by atoms with Crippen LogP contribution in [0.4, 0.5) is 17.5 Å². The molecular weight excluding hydrogens is 528 g/mol. The minimum Gasteiger partial charge on any atom is -0.554 e. The Labute approximate surface area is 237 Å². The normalized spacial score (nSPS) is 20.2. The van der Waals surface area contributed by atoms with Crippen molar-refractivity contribution in [2.45, 2.75) is 51.0 Å². The highest BCUT2D eigenvalue weighted by molar-refractivity contribution is 5.85. The number of fused-ring (bicyclic) bond motifs is 1. The van der Waals surface area contributed by atoms with E-state index in [-0.39, 0.29) is 0 Å². The Morgan fingerprint density at radius 3 is 2.59 bits per heavy atom. The lowest BCUT2D eigenvalue weighted by Crippen LogP contribution is -2.40. The number of anilines is 3. The van der Waals surface area contributed by atoms with Gasteiger partial charge in [-0.25, -0.2) is 9.97 Å². The van der Waals surface area contributed by atoms with Crippen molar-refractivity contribution in [3.8, 4) is 17.1 Å². The quantitative estimate of drug-likeness (QED) is 0.204. The van der Waals surface area contributed by atoms with E-state index in [1.165, 1.54) is 0 Å². The Balaban J connectivity index is 0.00000124. The van der Waals surface area contributed by atoms with Crippen LogP contribution in [0.2, 0.25) is 0 Å². The summed E-state index contributed by atoms with van der Waals surface area (Å²) in [6.07, 6.45) is 1.61. The summed E-state index contributed by atoms with van der Waals surface area (Å²) in [4.78, 5) is 25.4. The fraction of sp³-hybridized carbons (Fsp3) is 0.345. The molecule has 3 heterocycles. The fourth-order valence-corrected chi connectivity index (χ4v) is 5.01. The van der Waals surface area contributed by atoms with Gasteiger partial charge in [0.2, 0.25) is 5.95 Å². The summed E-state index contributed by atoms with van der Waals surface area (Å²) < 4.78 is 5.26. The topological polar surface area (TPSA) is 187 Å². The third-order valence-electron chi connectivity index (χ3n) is 7.15. The molecule has 0 radical (unpaired) electrons. The van der Waals surface area contributed by atoms with Crippen molar-refractivity contribution in [3.63, 3.8) is 0 Å². The van der Waals surface area contributed by atoms with E-state index in [0.717, 1.165) is 22.2 Å². The number of carbonyl (C=O) groups is 1. The molecule has 1 aromatic carbocycles. The molecule has 12 nitrogen and oxygen atoms in total. The van der Waals surface area contributed by atoms with Gasteiger partial charge in [0.1, 0.15) is 11.9 Å². The van der Waals surface area contributed by atoms with Crippen LogP contribution in [-0.4, -0.2) is 67.7 Å². The molecule has 1 aliphatic rings. The summed E-state index contributed by atoms with van der Waals surface area (Å²) in [5, 5.41) is 47.8. The molecule has 0 unspecified atom stereocenters. The van der Waals surface area contributed by atoms with Crippen molar-refractivity contribution in [2.75, 3.05) is 17.7 Å². The maximum atomic E-state index is 10.8. The molecule has 0 amide bonds. The summed E-state index contributed by atoms with van der Waals surface area (Å²) in [5.74, 6) is 0.840. The van der Waals surface area contributed by atoms with Gasteiger partial charge in [-0.05, 0) is 38.8 Å². The van der Waals surface area contributed by atoms with Crippen LogP contribution in [0.3, 0.4) is 0 Å². The Morgan fingerprint density at radius 2 is 1.90 bits per heavy atom. The van der Waals surface area contributed by atoms with Crippen LogP contribution in [0.5, 0.6) is 5.88 Å². The lowest BCUT2D eigenvalue weighted by molar-refractivity contribution is -0.392. The fourth-order valence-electron chi connectivity index (χ4n) is 5.01. The van der Waals surface area contributed by atoms with E-state index < -0.39 is 36.2 Å². The van der Waals surface area contributed by atoms with E-state index in [2.05, 4.69) is 20.6 Å². The number of aromatic nitrogens is 4. The summed E-state index contributed by atoms with van der Waals surface area (Å²) in [6, 6.07) is 13.0. The number of carboxylic acid groups (broad SMARTS) is 1. The summed E-state index contributed by atoms with van der Waals surface area (Å²) >= 11 is 0. The van der Waals surface area contributed by atoms with Crippen molar-refractivity contribution in [2.24, 2.45) is 5.92 Å². The van der Waals surface area contributed by atoms with Gasteiger partial charge in [0.05, 0.1) is 53.4 Å². The van der Waals surface area contributed by atoms with Crippen LogP contribution < -0.4 is 25.5 Å². The number of methoxy groups -OCH3 is 1. The number of aromatic amines is 1. The lowest BCUT2D eigenvalue weighted by Gasteiger charge is -2.28. The van der Waals surface area contributed by atoms with Crippen LogP contribution in [0.15, 0.2) is 54.9 Å². The molecule has 3 aromatic heterocycles. The monoisotopic (exact) mass is 562 g/mol. The number of nitrogens with one attached hydrogen (secondary N) is 3. The number of carbonyl (C=O) groups excluding carboxylic acids is 1. The first kappa shape index (κ1) is 29.6. The number of aryl methyl sites for hydroxylation is 1. The van der Waals surface area contributed by atoms with Crippen molar-refractivity contribution in [1.82, 2.24) is 15.0 Å². The second-order valence-corrected chi connectivity index (χ2v) is 10.4. The number of rotatable bonds is 7. The number of H-pyrrole nitrogens is 1. The van der Waals surface area contributed by atoms with Gasteiger partial charge in [-0.15, -0.1) is 0 Å². The van der Waals surface area contributed by atoms with Crippen LogP contribution >= 0.6 is 0 Å². The average Bonchev–Trinajstić information content (AvgIpc) is 3.23. The van der Waals surface area contributed by atoms with Gasteiger partial charge in [0, 0.05) is 30.0 Å². The second-order valence-electron chi connectivity index (χ2n) is 10.4. The summed E-state index contributed by atoms with van der Waals surface area (Å²) in [7, 11) is 1.57. The molecule has 6 N–H and O–H groups in total. The number of nitrogens with zero attached hydrogens (tertiary/aromatic N) is 3. The van der Waals surface area contributed by atoms with E-state index in [4.69, 9.17) is 24.6 Å². The molecular formula is C29H34N6O6. The van der Waals surface area contributed by atoms with E-state index in [9.17, 15) is 15.3 Å². The van der Waals surface area contributed by atoms with Gasteiger partial charge in [-0.2, -0.15) is 9.97 Å². The molecule has 12 heteroatoms. The van der Waals surface area contributed by atoms with Crippen LogP contribution in [0.1, 0.15) is 25.8 Å². The third kappa shape index (κ3) is 6.68. The van der Waals surface area contributed by atoms with Gasteiger partial charge in [-0.1, -0.05) is 24.3 Å². The zero-order valence-electron chi connectivity index (χ0n) is 23.2. The van der Waals surface area contributed by atoms with E-state index in [1.54, 1.807) is 39.4 Å². The van der Waals surface area contributed by atoms with Gasteiger partial charge >= 0.3 is 5.88 Å². The highest BCUT2D eigenvalue weighted by Gasteiger charge is 2.47. The molecule has 0 aliphatic heterocycles. The minimum atomic E-state index is -1.15. The first-order valence-electron chi connectivity index (χ1n) is 13.0. The maximum Gasteiger partial charge on any atom is 0.367 e. The van der Waals surface area contributed by atoms with E-state index in [1.807, 2.05) is 43.3 Å². The molecule has 41 heavy (non-hydrogen) atoms. The van der Waals surface area contributed by atoms with Gasteiger partial charge < -0.3 is 40.6 Å². The molecule has 1 saturated carbocycles. The highest BCUT2D eigenvalue weighted by atomic mass is 16.5. The molecule has 4 aromatic rings. The Hall–Kier alpha value is -4.39. The van der Waals surface area contributed by atoms with Gasteiger partial charge in [-0.3, -0.25) is 0 Å². The Kier molecular flexibility index (Phi) is 8.96. The number of aliphatic hydroxyl groups is 3. The molecule has 1 aliphatic carbocycles. The first-order chi connectivity index (χ1) is 19.5. The number of pyridine rings is 2. The number of ether oxygens (including phenoxy) is 1. The molecule has 1 fully saturated rings. The molecule has 216 valence electrons. The van der Waals surface area contributed by atoms with Crippen molar-refractivity contribution in [1.29, 1.82) is 0 Å². The summed E-state index contributed by atoms with van der Waals surface area (Å²) in [6.45, 7) is 4.79. The number of hydrogen-bond acceptors (Lipinski definition) is 11. The van der Waals surface area contributed by atoms with Crippen LogP contribution in [0.25, 0.3) is 22.2 Å². The predicted octanol–water partition coefficient (Wildman–Crippen LogP) is 1.23. The molecule has 0 bridgehead atoms. The van der Waals surface area contributed by atoms with Crippen molar-refractivity contribution >= 4 is 34.8 Å². The SMILES string of the molecule is COc1cc(Nc2ncc(-c3ccc4cccc(C)c4n3)c(N[C@@H]3C[C@H](C(C)(C)O)[C@@H](O)[C@H]3O)n2)cc[nH+]1.O=C[O-]. The van der Waals surface area contributed by atoms with Crippen molar-refractivity contribution < 1.29 is 34.9 Å². The molecule has 0 saturated heterocycles. The van der Waals surface area contributed by atoms with Crippen LogP contribution in [0, 0.1) is 12.8 Å². The number of benzene rings is 1. The standard InChI is InChI=1S/C28H32N6O4.CH2O2/c1-15-6-5-7-16-8-9-20(32-23(15)16)18-14-30-27(31-17-10-11-29-22(12-17)38-4)34-26(18)33-21-13-19(28(2,3)37)24(35)25(21)36;2-1-3/h5-12,14,19,21,24-25,35-37H,13H2,1-4H3,(H2,29,30,31,33,34);1H,(H,2,3)/t19-,21+,24+,25-;/m0./s1. The number of para-hydroxylation sites is 1. The van der Waals surface area contributed by atoms with Gasteiger partial charge in [0.25, 0.3) is 0 Å². The zero-order chi connectivity index (χ0) is 29.7. The maximum absolute atomic E-state index is 10.8. The van der Waals surface area contributed by atoms with E-state index >= 15 is 0 Å². The van der Waals surface area contributed by atoms with E-state index in [0.29, 0.717) is 35.3 Å². The third-order valence-corrected chi connectivity index (χ3v) is 7.15. The Morgan fingerprint density at radius 1 is 1.15 bits per heavy atom. The minimum absolute atomic E-state index is 0.327. The van der Waals surface area contributed by atoms with Gasteiger partial charge in [0.15, 0.2) is 6.20 Å². The second kappa shape index (κ2) is 12.4. The molecule has 0 spiro atoms. The lowest BCUT2D eigenvalue weighted by atomic mass is 9.88. The number of hydrogen-bond donors (Lipinski definition) is 5.